The van der Waals surface area contributed by atoms with E-state index in [0.29, 0.717) is 30.2 Å². The number of anilines is 1. The summed E-state index contributed by atoms with van der Waals surface area (Å²) in [6.45, 7) is 3.01. The van der Waals surface area contributed by atoms with Crippen molar-refractivity contribution in [2.24, 2.45) is 5.92 Å². The second-order valence-corrected chi connectivity index (χ2v) is 4.60. The standard InChI is InChI=1S/C12H13ClFNO/c1-8-7-15(5-4-12(8)16)11-6-9(13)2-3-10(11)14/h2-3,6,8H,4-5,7H2,1H3. The Morgan fingerprint density at radius 1 is 1.50 bits per heavy atom. The molecule has 1 unspecified atom stereocenters. The van der Waals surface area contributed by atoms with Gasteiger partial charge in [-0.1, -0.05) is 18.5 Å². The van der Waals surface area contributed by atoms with E-state index in [0.717, 1.165) is 0 Å². The van der Waals surface area contributed by atoms with Crippen LogP contribution in [0.25, 0.3) is 0 Å². The van der Waals surface area contributed by atoms with Crippen LogP contribution < -0.4 is 4.90 Å². The van der Waals surface area contributed by atoms with Gasteiger partial charge in [0.15, 0.2) is 0 Å². The molecule has 1 aliphatic rings. The van der Waals surface area contributed by atoms with Crippen molar-refractivity contribution in [1.82, 2.24) is 0 Å². The predicted octanol–water partition coefficient (Wildman–Crippen LogP) is 2.89. The number of piperidine rings is 1. The molecule has 4 heteroatoms. The average Bonchev–Trinajstić information content (AvgIpc) is 2.26. The average molecular weight is 242 g/mol. The van der Waals surface area contributed by atoms with E-state index in [1.54, 1.807) is 6.07 Å². The van der Waals surface area contributed by atoms with Gasteiger partial charge in [-0.2, -0.15) is 0 Å². The van der Waals surface area contributed by atoms with Crippen LogP contribution in [0.5, 0.6) is 0 Å². The van der Waals surface area contributed by atoms with Crippen molar-refractivity contribution >= 4 is 23.1 Å². The van der Waals surface area contributed by atoms with Gasteiger partial charge in [0.2, 0.25) is 0 Å². The molecule has 1 aromatic carbocycles. The summed E-state index contributed by atoms with van der Waals surface area (Å²) in [7, 11) is 0. The highest BCUT2D eigenvalue weighted by Gasteiger charge is 2.25. The molecule has 0 amide bonds. The molecule has 1 fully saturated rings. The van der Waals surface area contributed by atoms with E-state index in [9.17, 15) is 9.18 Å². The van der Waals surface area contributed by atoms with Crippen molar-refractivity contribution in [2.45, 2.75) is 13.3 Å². The lowest BCUT2D eigenvalue weighted by atomic mass is 9.98. The molecular formula is C12H13ClFNO. The first-order valence-corrected chi connectivity index (χ1v) is 5.68. The highest BCUT2D eigenvalue weighted by Crippen LogP contribution is 2.26. The molecule has 1 saturated heterocycles. The highest BCUT2D eigenvalue weighted by molar-refractivity contribution is 6.30. The smallest absolute Gasteiger partial charge is 0.146 e. The van der Waals surface area contributed by atoms with Crippen LogP contribution in [-0.2, 0) is 4.79 Å². The van der Waals surface area contributed by atoms with Gasteiger partial charge in [-0.3, -0.25) is 4.79 Å². The maximum absolute atomic E-state index is 13.6. The molecule has 0 aromatic heterocycles. The number of hydrogen-bond acceptors (Lipinski definition) is 2. The third-order valence-electron chi connectivity index (χ3n) is 2.92. The van der Waals surface area contributed by atoms with E-state index < -0.39 is 0 Å². The number of halogens is 2. The Labute approximate surface area is 99.0 Å². The predicted molar refractivity (Wildman–Crippen MR) is 62.4 cm³/mol. The number of carbonyl (C=O) groups is 1. The molecule has 1 aliphatic heterocycles. The van der Waals surface area contributed by atoms with Gasteiger partial charge in [0.1, 0.15) is 11.6 Å². The maximum atomic E-state index is 13.6. The molecule has 0 bridgehead atoms. The Kier molecular flexibility index (Phi) is 3.15. The Morgan fingerprint density at radius 3 is 2.94 bits per heavy atom. The van der Waals surface area contributed by atoms with Crippen LogP contribution in [0.15, 0.2) is 18.2 Å². The molecule has 86 valence electrons. The molecular weight excluding hydrogens is 229 g/mol. The minimum Gasteiger partial charge on any atom is -0.368 e. The maximum Gasteiger partial charge on any atom is 0.146 e. The fourth-order valence-electron chi connectivity index (χ4n) is 1.96. The summed E-state index contributed by atoms with van der Waals surface area (Å²) in [5, 5.41) is 0.515. The summed E-state index contributed by atoms with van der Waals surface area (Å²) in [4.78, 5) is 13.3. The molecule has 1 atom stereocenters. The van der Waals surface area contributed by atoms with Crippen LogP contribution in [0.1, 0.15) is 13.3 Å². The number of carbonyl (C=O) groups excluding carboxylic acids is 1. The van der Waals surface area contributed by atoms with Crippen molar-refractivity contribution in [1.29, 1.82) is 0 Å². The molecule has 2 nitrogen and oxygen atoms in total. The number of Topliss-reactive ketones (excluding diaryl/α,β-unsaturated/α-hetero) is 1. The third-order valence-corrected chi connectivity index (χ3v) is 3.16. The minimum atomic E-state index is -0.286. The Hall–Kier alpha value is -1.09. The summed E-state index contributed by atoms with van der Waals surface area (Å²) >= 11 is 5.84. The second-order valence-electron chi connectivity index (χ2n) is 4.16. The zero-order chi connectivity index (χ0) is 11.7. The first-order valence-electron chi connectivity index (χ1n) is 5.30. The topological polar surface area (TPSA) is 20.3 Å². The summed E-state index contributed by atoms with van der Waals surface area (Å²) in [5.74, 6) is -0.0724. The van der Waals surface area contributed by atoms with Gasteiger partial charge in [-0.15, -0.1) is 0 Å². The minimum absolute atomic E-state index is 0.0351. The van der Waals surface area contributed by atoms with Gasteiger partial charge in [0.25, 0.3) is 0 Å². The fourth-order valence-corrected chi connectivity index (χ4v) is 2.13. The normalized spacial score (nSPS) is 21.3. The monoisotopic (exact) mass is 241 g/mol. The molecule has 0 spiro atoms. The Balaban J connectivity index is 2.24. The fraction of sp³-hybridized carbons (Fsp3) is 0.417. The molecule has 0 saturated carbocycles. The lowest BCUT2D eigenvalue weighted by Gasteiger charge is -2.32. The highest BCUT2D eigenvalue weighted by atomic mass is 35.5. The van der Waals surface area contributed by atoms with Crippen LogP contribution in [-0.4, -0.2) is 18.9 Å². The third kappa shape index (κ3) is 2.19. The summed E-state index contributed by atoms with van der Waals surface area (Å²) in [5.41, 5.74) is 0.492. The lowest BCUT2D eigenvalue weighted by Crippen LogP contribution is -2.40. The number of rotatable bonds is 1. The number of hydrogen-bond donors (Lipinski definition) is 0. The van der Waals surface area contributed by atoms with Gasteiger partial charge in [-0.25, -0.2) is 4.39 Å². The van der Waals surface area contributed by atoms with Crippen LogP contribution in [0.3, 0.4) is 0 Å². The van der Waals surface area contributed by atoms with E-state index in [-0.39, 0.29) is 17.5 Å². The number of ketones is 1. The van der Waals surface area contributed by atoms with Gasteiger partial charge >= 0.3 is 0 Å². The number of benzene rings is 1. The molecule has 16 heavy (non-hydrogen) atoms. The van der Waals surface area contributed by atoms with E-state index in [1.165, 1.54) is 12.1 Å². The van der Waals surface area contributed by atoms with Gasteiger partial charge in [0, 0.05) is 30.5 Å². The van der Waals surface area contributed by atoms with Gasteiger partial charge in [-0.05, 0) is 18.2 Å². The van der Waals surface area contributed by atoms with Crippen molar-refractivity contribution in [3.8, 4) is 0 Å². The van der Waals surface area contributed by atoms with Crippen molar-refractivity contribution in [3.63, 3.8) is 0 Å². The van der Waals surface area contributed by atoms with Crippen molar-refractivity contribution in [3.05, 3.63) is 29.0 Å². The summed E-state index contributed by atoms with van der Waals surface area (Å²) in [6.07, 6.45) is 0.479. The lowest BCUT2D eigenvalue weighted by molar-refractivity contribution is -0.122. The first-order chi connectivity index (χ1) is 7.58. The van der Waals surface area contributed by atoms with Crippen LogP contribution in [0.2, 0.25) is 5.02 Å². The quantitative estimate of drug-likeness (QED) is 0.754. The van der Waals surface area contributed by atoms with Crippen LogP contribution >= 0.6 is 11.6 Å². The summed E-state index contributed by atoms with van der Waals surface area (Å²) < 4.78 is 13.6. The van der Waals surface area contributed by atoms with Crippen LogP contribution in [0.4, 0.5) is 10.1 Å². The molecule has 0 N–H and O–H groups in total. The molecule has 0 radical (unpaired) electrons. The largest absolute Gasteiger partial charge is 0.368 e. The number of nitrogens with zero attached hydrogens (tertiary/aromatic N) is 1. The van der Waals surface area contributed by atoms with Crippen molar-refractivity contribution in [2.75, 3.05) is 18.0 Å². The summed E-state index contributed by atoms with van der Waals surface area (Å²) in [6, 6.07) is 4.50. The molecule has 2 rings (SSSR count). The van der Waals surface area contributed by atoms with Crippen LogP contribution in [0, 0.1) is 11.7 Å². The molecule has 1 heterocycles. The van der Waals surface area contributed by atoms with E-state index in [4.69, 9.17) is 11.6 Å². The van der Waals surface area contributed by atoms with Gasteiger partial charge < -0.3 is 4.90 Å². The molecule has 1 aromatic rings. The zero-order valence-electron chi connectivity index (χ0n) is 9.04. The van der Waals surface area contributed by atoms with Crippen molar-refractivity contribution < 1.29 is 9.18 Å². The Morgan fingerprint density at radius 2 is 2.25 bits per heavy atom. The van der Waals surface area contributed by atoms with Gasteiger partial charge in [0.05, 0.1) is 5.69 Å². The first kappa shape index (κ1) is 11.4. The van der Waals surface area contributed by atoms with E-state index in [1.807, 2.05) is 11.8 Å². The molecule has 0 aliphatic carbocycles. The second kappa shape index (κ2) is 4.42. The SMILES string of the molecule is CC1CN(c2cc(Cl)ccc2F)CCC1=O. The Bertz CT molecular complexity index is 421. The van der Waals surface area contributed by atoms with E-state index in [2.05, 4.69) is 0 Å². The van der Waals surface area contributed by atoms with E-state index >= 15 is 0 Å². The zero-order valence-corrected chi connectivity index (χ0v) is 9.80.